The third-order valence-corrected chi connectivity index (χ3v) is 6.05. The maximum atomic E-state index is 13.5. The molecule has 168 valence electrons. The first-order chi connectivity index (χ1) is 15.2. The van der Waals surface area contributed by atoms with Gasteiger partial charge >= 0.3 is 0 Å². The number of aromatic nitrogens is 2. The highest BCUT2D eigenvalue weighted by Crippen LogP contribution is 2.25. The molecule has 4 rings (SSSR count). The van der Waals surface area contributed by atoms with E-state index in [1.165, 1.54) is 12.1 Å². The van der Waals surface area contributed by atoms with Gasteiger partial charge in [-0.1, -0.05) is 32.9 Å². The standard InChI is InChI=1S/C25H29FN4O2/c1-17(28-13-15-29(16-14-28)24(32)25(2,3)4)22-27-21-8-6-5-7-20(21)23(31)30(22)19-11-9-18(26)10-12-19/h5-12,17H,13-16H2,1-4H3. The Labute approximate surface area is 187 Å². The van der Waals surface area contributed by atoms with E-state index in [2.05, 4.69) is 4.90 Å². The summed E-state index contributed by atoms with van der Waals surface area (Å²) in [6.45, 7) is 10.5. The second kappa shape index (κ2) is 8.47. The number of nitrogens with zero attached hydrogens (tertiary/aromatic N) is 4. The van der Waals surface area contributed by atoms with Crippen molar-refractivity contribution >= 4 is 16.8 Å². The van der Waals surface area contributed by atoms with Crippen molar-refractivity contribution in [2.24, 2.45) is 5.41 Å². The largest absolute Gasteiger partial charge is 0.340 e. The summed E-state index contributed by atoms with van der Waals surface area (Å²) in [5.74, 6) is 0.401. The van der Waals surface area contributed by atoms with Gasteiger partial charge in [0.25, 0.3) is 5.56 Å². The molecule has 1 saturated heterocycles. The Morgan fingerprint density at radius 2 is 1.62 bits per heavy atom. The minimum absolute atomic E-state index is 0.150. The van der Waals surface area contributed by atoms with Crippen molar-refractivity contribution in [1.82, 2.24) is 19.4 Å². The summed E-state index contributed by atoms with van der Waals surface area (Å²) in [5, 5.41) is 0.522. The van der Waals surface area contributed by atoms with E-state index in [0.29, 0.717) is 48.6 Å². The van der Waals surface area contributed by atoms with Crippen molar-refractivity contribution in [2.75, 3.05) is 26.2 Å². The van der Waals surface area contributed by atoms with Crippen LogP contribution >= 0.6 is 0 Å². The number of hydrogen-bond donors (Lipinski definition) is 0. The monoisotopic (exact) mass is 436 g/mol. The fraction of sp³-hybridized carbons (Fsp3) is 0.400. The maximum absolute atomic E-state index is 13.5. The number of hydrogen-bond acceptors (Lipinski definition) is 4. The van der Waals surface area contributed by atoms with E-state index in [-0.39, 0.29) is 23.3 Å². The van der Waals surface area contributed by atoms with Gasteiger partial charge in [0.15, 0.2) is 0 Å². The molecule has 2 aromatic carbocycles. The van der Waals surface area contributed by atoms with E-state index in [9.17, 15) is 14.0 Å². The molecule has 0 N–H and O–H groups in total. The summed E-state index contributed by atoms with van der Waals surface area (Å²) >= 11 is 0. The smallest absolute Gasteiger partial charge is 0.266 e. The molecule has 0 saturated carbocycles. The molecule has 7 heteroatoms. The van der Waals surface area contributed by atoms with Gasteiger partial charge in [0, 0.05) is 31.6 Å². The van der Waals surface area contributed by atoms with Crippen molar-refractivity contribution in [3.05, 3.63) is 70.5 Å². The second-order valence-corrected chi connectivity index (χ2v) is 9.36. The van der Waals surface area contributed by atoms with Crippen LogP contribution in [0.1, 0.15) is 39.6 Å². The zero-order chi connectivity index (χ0) is 23.0. The highest BCUT2D eigenvalue weighted by atomic mass is 19.1. The molecule has 1 fully saturated rings. The van der Waals surface area contributed by atoms with Crippen molar-refractivity contribution in [3.63, 3.8) is 0 Å². The number of benzene rings is 2. The molecule has 0 aliphatic carbocycles. The molecule has 2 heterocycles. The molecular weight excluding hydrogens is 407 g/mol. The van der Waals surface area contributed by atoms with Gasteiger partial charge in [0.05, 0.1) is 22.6 Å². The fourth-order valence-electron chi connectivity index (χ4n) is 4.22. The van der Waals surface area contributed by atoms with Crippen LogP contribution in [0.5, 0.6) is 0 Å². The number of carbonyl (C=O) groups excluding carboxylic acids is 1. The average Bonchev–Trinajstić information content (AvgIpc) is 2.78. The Hall–Kier alpha value is -3.06. The van der Waals surface area contributed by atoms with Gasteiger partial charge in [0.2, 0.25) is 5.91 Å². The lowest BCUT2D eigenvalue weighted by Gasteiger charge is -2.40. The van der Waals surface area contributed by atoms with Gasteiger partial charge in [-0.25, -0.2) is 9.37 Å². The van der Waals surface area contributed by atoms with Crippen LogP contribution in [0.4, 0.5) is 4.39 Å². The van der Waals surface area contributed by atoms with Crippen LogP contribution in [0, 0.1) is 11.2 Å². The number of fused-ring (bicyclic) bond motifs is 1. The van der Waals surface area contributed by atoms with E-state index in [1.54, 1.807) is 22.8 Å². The van der Waals surface area contributed by atoms with Crippen LogP contribution in [0.15, 0.2) is 53.3 Å². The Morgan fingerprint density at radius 1 is 1.00 bits per heavy atom. The molecule has 6 nitrogen and oxygen atoms in total. The van der Waals surface area contributed by atoms with E-state index >= 15 is 0 Å². The van der Waals surface area contributed by atoms with Crippen LogP contribution in [-0.2, 0) is 4.79 Å². The van der Waals surface area contributed by atoms with E-state index in [4.69, 9.17) is 4.98 Å². The highest BCUT2D eigenvalue weighted by Gasteiger charge is 2.32. The normalized spacial score (nSPS) is 16.3. The molecule has 1 amide bonds. The molecule has 1 unspecified atom stereocenters. The van der Waals surface area contributed by atoms with Crippen molar-refractivity contribution in [1.29, 1.82) is 0 Å². The second-order valence-electron chi connectivity index (χ2n) is 9.36. The number of halogens is 1. The Bertz CT molecular complexity index is 1190. The van der Waals surface area contributed by atoms with E-state index < -0.39 is 5.41 Å². The fourth-order valence-corrected chi connectivity index (χ4v) is 4.22. The number of carbonyl (C=O) groups is 1. The van der Waals surface area contributed by atoms with Crippen LogP contribution in [0.25, 0.3) is 16.6 Å². The number of piperazine rings is 1. The highest BCUT2D eigenvalue weighted by molar-refractivity contribution is 5.81. The van der Waals surface area contributed by atoms with Crippen molar-refractivity contribution in [3.8, 4) is 5.69 Å². The zero-order valence-corrected chi connectivity index (χ0v) is 19.0. The summed E-state index contributed by atoms with van der Waals surface area (Å²) in [6, 6.07) is 13.0. The SMILES string of the molecule is CC(c1nc2ccccc2c(=O)n1-c1ccc(F)cc1)N1CCN(C(=O)C(C)(C)C)CC1. The van der Waals surface area contributed by atoms with Crippen LogP contribution in [0.2, 0.25) is 0 Å². The Balaban J connectivity index is 1.71. The minimum atomic E-state index is -0.406. The third-order valence-electron chi connectivity index (χ3n) is 6.05. The first kappa shape index (κ1) is 22.1. The molecule has 32 heavy (non-hydrogen) atoms. The lowest BCUT2D eigenvalue weighted by atomic mass is 9.94. The summed E-state index contributed by atoms with van der Waals surface area (Å²) in [7, 11) is 0. The molecule has 1 aliphatic rings. The van der Waals surface area contributed by atoms with E-state index in [1.807, 2.05) is 50.8 Å². The van der Waals surface area contributed by atoms with Gasteiger partial charge in [0.1, 0.15) is 11.6 Å². The predicted octanol–water partition coefficient (Wildman–Crippen LogP) is 3.78. The molecular formula is C25H29FN4O2. The summed E-state index contributed by atoms with van der Waals surface area (Å²) in [6.07, 6.45) is 0. The predicted molar refractivity (Wildman–Crippen MR) is 123 cm³/mol. The number of rotatable bonds is 3. The lowest BCUT2D eigenvalue weighted by Crippen LogP contribution is -2.52. The number of amides is 1. The van der Waals surface area contributed by atoms with Gasteiger partial charge in [-0.3, -0.25) is 19.1 Å². The molecule has 1 atom stereocenters. The molecule has 3 aromatic rings. The third kappa shape index (κ3) is 4.17. The Morgan fingerprint density at radius 3 is 2.25 bits per heavy atom. The first-order valence-electron chi connectivity index (χ1n) is 11.0. The Kier molecular flexibility index (Phi) is 5.86. The molecule has 0 bridgehead atoms. The van der Waals surface area contributed by atoms with Gasteiger partial charge in [-0.2, -0.15) is 0 Å². The molecule has 0 spiro atoms. The average molecular weight is 437 g/mol. The quantitative estimate of drug-likeness (QED) is 0.627. The summed E-state index contributed by atoms with van der Waals surface area (Å²) in [5.41, 5.74) is 0.638. The van der Waals surface area contributed by atoms with Gasteiger partial charge in [-0.15, -0.1) is 0 Å². The summed E-state index contributed by atoms with van der Waals surface area (Å²) < 4.78 is 15.1. The van der Waals surface area contributed by atoms with E-state index in [0.717, 1.165) is 0 Å². The van der Waals surface area contributed by atoms with Crippen molar-refractivity contribution < 1.29 is 9.18 Å². The summed E-state index contributed by atoms with van der Waals surface area (Å²) in [4.78, 5) is 35.1. The lowest BCUT2D eigenvalue weighted by molar-refractivity contribution is -0.141. The first-order valence-corrected chi connectivity index (χ1v) is 11.0. The number of para-hydroxylation sites is 1. The van der Waals surface area contributed by atoms with Crippen LogP contribution in [0.3, 0.4) is 0 Å². The van der Waals surface area contributed by atoms with Crippen LogP contribution in [-0.4, -0.2) is 51.4 Å². The maximum Gasteiger partial charge on any atom is 0.266 e. The van der Waals surface area contributed by atoms with Crippen molar-refractivity contribution in [2.45, 2.75) is 33.7 Å². The molecule has 0 radical (unpaired) electrons. The molecule has 1 aromatic heterocycles. The zero-order valence-electron chi connectivity index (χ0n) is 19.0. The minimum Gasteiger partial charge on any atom is -0.340 e. The molecule has 1 aliphatic heterocycles. The van der Waals surface area contributed by atoms with Crippen LogP contribution < -0.4 is 5.56 Å². The van der Waals surface area contributed by atoms with Gasteiger partial charge in [-0.05, 0) is 43.3 Å². The van der Waals surface area contributed by atoms with Gasteiger partial charge < -0.3 is 4.90 Å². The topological polar surface area (TPSA) is 58.4 Å².